The molecule has 2 aromatic rings. The van der Waals surface area contributed by atoms with E-state index in [2.05, 4.69) is 5.32 Å². The van der Waals surface area contributed by atoms with Crippen molar-refractivity contribution in [3.8, 4) is 5.75 Å². The molecule has 2 aromatic carbocycles. The average molecular weight is 389 g/mol. The summed E-state index contributed by atoms with van der Waals surface area (Å²) in [5, 5.41) is 13.3. The molecule has 5 nitrogen and oxygen atoms in total. The van der Waals surface area contributed by atoms with Gasteiger partial charge in [-0.2, -0.15) is 0 Å². The molecule has 0 aromatic heterocycles. The first kappa shape index (κ1) is 19.0. The molecule has 1 aliphatic heterocycles. The zero-order valence-electron chi connectivity index (χ0n) is 16.3. The molecule has 0 radical (unpaired) electrons. The molecule has 0 spiro atoms. The van der Waals surface area contributed by atoms with Crippen molar-refractivity contribution in [1.82, 2.24) is 5.32 Å². The molecule has 0 amide bonds. The van der Waals surface area contributed by atoms with Crippen LogP contribution in [0.15, 0.2) is 77.1 Å². The first-order chi connectivity index (χ1) is 14.0. The van der Waals surface area contributed by atoms with Crippen LogP contribution in [-0.2, 0) is 20.9 Å². The first-order valence-electron chi connectivity index (χ1n) is 9.78. The van der Waals surface area contributed by atoms with E-state index in [1.54, 1.807) is 18.2 Å². The fourth-order valence-electron chi connectivity index (χ4n) is 4.09. The summed E-state index contributed by atoms with van der Waals surface area (Å²) < 4.78 is 5.60. The van der Waals surface area contributed by atoms with E-state index in [0.29, 0.717) is 28.8 Å². The number of benzene rings is 2. The Hall–Kier alpha value is -3.34. The second-order valence-corrected chi connectivity index (χ2v) is 7.42. The maximum absolute atomic E-state index is 13.1. The number of carbonyl (C=O) groups excluding carboxylic acids is 2. The fourth-order valence-corrected chi connectivity index (χ4v) is 4.09. The molecular formula is C24H23NO4. The van der Waals surface area contributed by atoms with Gasteiger partial charge in [0.05, 0.1) is 5.57 Å². The van der Waals surface area contributed by atoms with Crippen molar-refractivity contribution >= 4 is 11.8 Å². The summed E-state index contributed by atoms with van der Waals surface area (Å²) >= 11 is 0. The van der Waals surface area contributed by atoms with E-state index >= 15 is 0 Å². The zero-order chi connectivity index (χ0) is 20.4. The molecule has 29 heavy (non-hydrogen) atoms. The third kappa shape index (κ3) is 3.81. The normalized spacial score (nSPS) is 18.9. The Labute approximate surface area is 169 Å². The third-order valence-corrected chi connectivity index (χ3v) is 5.41. The second kappa shape index (κ2) is 7.95. The topological polar surface area (TPSA) is 75.6 Å². The van der Waals surface area contributed by atoms with Crippen LogP contribution >= 0.6 is 0 Å². The summed E-state index contributed by atoms with van der Waals surface area (Å²) in [6, 6.07) is 16.2. The highest BCUT2D eigenvalue weighted by atomic mass is 16.5. The Morgan fingerprint density at radius 2 is 1.93 bits per heavy atom. The lowest BCUT2D eigenvalue weighted by Gasteiger charge is -2.34. The van der Waals surface area contributed by atoms with Gasteiger partial charge in [0.1, 0.15) is 12.4 Å². The first-order valence-corrected chi connectivity index (χ1v) is 9.78. The van der Waals surface area contributed by atoms with Gasteiger partial charge in [0.15, 0.2) is 5.78 Å². The summed E-state index contributed by atoms with van der Waals surface area (Å²) in [6.45, 7) is 1.99. The lowest BCUT2D eigenvalue weighted by atomic mass is 9.75. The number of hydrogen-bond donors (Lipinski definition) is 2. The summed E-state index contributed by atoms with van der Waals surface area (Å²) in [6.07, 6.45) is 2.01. The van der Waals surface area contributed by atoms with Crippen molar-refractivity contribution in [3.05, 3.63) is 88.3 Å². The highest BCUT2D eigenvalue weighted by molar-refractivity contribution is 6.03. The molecule has 1 atom stereocenters. The number of hydrogen-bond acceptors (Lipinski definition) is 5. The van der Waals surface area contributed by atoms with Gasteiger partial charge in [-0.1, -0.05) is 42.5 Å². The van der Waals surface area contributed by atoms with E-state index in [-0.39, 0.29) is 18.1 Å². The number of phenolic OH excluding ortho intramolecular Hbond substituents is 1. The van der Waals surface area contributed by atoms with E-state index in [0.717, 1.165) is 24.1 Å². The van der Waals surface area contributed by atoms with Crippen molar-refractivity contribution in [2.24, 2.45) is 0 Å². The van der Waals surface area contributed by atoms with Crippen LogP contribution in [0.1, 0.15) is 43.2 Å². The molecule has 1 aliphatic carbocycles. The predicted octanol–water partition coefficient (Wildman–Crippen LogP) is 4.10. The van der Waals surface area contributed by atoms with Crippen LogP contribution < -0.4 is 5.32 Å². The van der Waals surface area contributed by atoms with Crippen LogP contribution in [0.5, 0.6) is 5.75 Å². The fraction of sp³-hybridized carbons (Fsp3) is 0.250. The van der Waals surface area contributed by atoms with Crippen LogP contribution in [0.2, 0.25) is 0 Å². The minimum Gasteiger partial charge on any atom is -0.508 e. The summed E-state index contributed by atoms with van der Waals surface area (Å²) in [4.78, 5) is 25.9. The third-order valence-electron chi connectivity index (χ3n) is 5.41. The molecule has 0 saturated carbocycles. The number of ether oxygens (including phenoxy) is 1. The molecule has 4 rings (SSSR count). The van der Waals surface area contributed by atoms with Crippen molar-refractivity contribution in [3.63, 3.8) is 0 Å². The minimum absolute atomic E-state index is 0.0351. The van der Waals surface area contributed by atoms with Gasteiger partial charge in [-0.3, -0.25) is 4.79 Å². The summed E-state index contributed by atoms with van der Waals surface area (Å²) in [5.41, 5.74) is 4.18. The number of Topliss-reactive ketones (excluding diaryl/α,β-unsaturated/α-hetero) is 1. The summed E-state index contributed by atoms with van der Waals surface area (Å²) in [5.74, 6) is -0.874. The van der Waals surface area contributed by atoms with Gasteiger partial charge in [-0.15, -0.1) is 0 Å². The van der Waals surface area contributed by atoms with Gasteiger partial charge in [0.2, 0.25) is 0 Å². The van der Waals surface area contributed by atoms with Crippen LogP contribution in [0.4, 0.5) is 0 Å². The molecule has 0 fully saturated rings. The van der Waals surface area contributed by atoms with Crippen LogP contribution in [0, 0.1) is 0 Å². The largest absolute Gasteiger partial charge is 0.508 e. The number of carbonyl (C=O) groups is 2. The van der Waals surface area contributed by atoms with Crippen molar-refractivity contribution < 1.29 is 19.4 Å². The van der Waals surface area contributed by atoms with E-state index in [1.165, 1.54) is 0 Å². The Morgan fingerprint density at radius 3 is 2.69 bits per heavy atom. The highest BCUT2D eigenvalue weighted by Crippen LogP contribution is 2.43. The Kier molecular flexibility index (Phi) is 5.21. The number of phenols is 1. The molecule has 148 valence electrons. The molecule has 0 saturated heterocycles. The van der Waals surface area contributed by atoms with Crippen LogP contribution in [0.25, 0.3) is 0 Å². The number of allylic oxidation sites excluding steroid dienone is 3. The van der Waals surface area contributed by atoms with Crippen molar-refractivity contribution in [2.45, 2.75) is 38.7 Å². The predicted molar refractivity (Wildman–Crippen MR) is 109 cm³/mol. The van der Waals surface area contributed by atoms with Gasteiger partial charge >= 0.3 is 5.97 Å². The van der Waals surface area contributed by atoms with Gasteiger partial charge in [-0.25, -0.2) is 4.79 Å². The van der Waals surface area contributed by atoms with E-state index in [9.17, 15) is 14.7 Å². The van der Waals surface area contributed by atoms with Crippen molar-refractivity contribution in [1.29, 1.82) is 0 Å². The monoisotopic (exact) mass is 389 g/mol. The Bertz CT molecular complexity index is 1020. The van der Waals surface area contributed by atoms with E-state index < -0.39 is 11.9 Å². The number of rotatable bonds is 4. The molecular weight excluding hydrogens is 366 g/mol. The molecule has 2 N–H and O–H groups in total. The minimum atomic E-state index is -0.547. The maximum Gasteiger partial charge on any atom is 0.337 e. The smallest absolute Gasteiger partial charge is 0.337 e. The van der Waals surface area contributed by atoms with E-state index in [4.69, 9.17) is 4.74 Å². The molecule has 5 heteroatoms. The van der Waals surface area contributed by atoms with Crippen molar-refractivity contribution in [2.75, 3.05) is 0 Å². The number of esters is 1. The summed E-state index contributed by atoms with van der Waals surface area (Å²) in [7, 11) is 0. The van der Waals surface area contributed by atoms with Gasteiger partial charge in [0.25, 0.3) is 0 Å². The SMILES string of the molecule is CC1=C(C(=O)OCc2ccccc2)C(c2cccc(O)c2)C2=C(CCCC2=O)N1. The number of nitrogens with one attached hydrogen (secondary N) is 1. The lowest BCUT2D eigenvalue weighted by molar-refractivity contribution is -0.140. The molecule has 2 aliphatic rings. The van der Waals surface area contributed by atoms with Gasteiger partial charge in [0, 0.05) is 29.3 Å². The van der Waals surface area contributed by atoms with Gasteiger partial charge < -0.3 is 15.2 Å². The number of dihydropyridines is 1. The maximum atomic E-state index is 13.1. The number of ketones is 1. The van der Waals surface area contributed by atoms with Crippen LogP contribution in [0.3, 0.4) is 0 Å². The lowest BCUT2D eigenvalue weighted by Crippen LogP contribution is -2.34. The second-order valence-electron chi connectivity index (χ2n) is 7.42. The standard InChI is InChI=1S/C24H23NO4/c1-15-21(24(28)29-14-16-7-3-2-4-8-16)22(17-9-5-10-18(26)13-17)23-19(25-15)11-6-12-20(23)27/h2-5,7-10,13,22,25-26H,6,11-12,14H2,1H3. The highest BCUT2D eigenvalue weighted by Gasteiger charge is 2.39. The number of aromatic hydroxyl groups is 1. The van der Waals surface area contributed by atoms with Crippen LogP contribution in [-0.4, -0.2) is 16.9 Å². The molecule has 0 bridgehead atoms. The Morgan fingerprint density at radius 1 is 1.14 bits per heavy atom. The molecule has 1 unspecified atom stereocenters. The van der Waals surface area contributed by atoms with Gasteiger partial charge in [-0.05, 0) is 43.0 Å². The average Bonchev–Trinajstić information content (AvgIpc) is 2.72. The Balaban J connectivity index is 1.72. The van der Waals surface area contributed by atoms with E-state index in [1.807, 2.05) is 43.3 Å². The quantitative estimate of drug-likeness (QED) is 0.770. The molecule has 1 heterocycles. The zero-order valence-corrected chi connectivity index (χ0v) is 16.3.